The van der Waals surface area contributed by atoms with Crippen LogP contribution in [0, 0.1) is 0 Å². The van der Waals surface area contributed by atoms with Crippen molar-refractivity contribution in [2.45, 2.75) is 32.7 Å². The van der Waals surface area contributed by atoms with E-state index in [0.29, 0.717) is 26.4 Å². The van der Waals surface area contributed by atoms with Gasteiger partial charge in [-0.05, 0) is 88.9 Å². The van der Waals surface area contributed by atoms with Crippen molar-refractivity contribution in [1.82, 2.24) is 4.57 Å². The van der Waals surface area contributed by atoms with Gasteiger partial charge in [0, 0.05) is 5.02 Å². The first-order chi connectivity index (χ1) is 22.4. The molecule has 1 atom stereocenters. The fourth-order valence-electron chi connectivity index (χ4n) is 4.79. The van der Waals surface area contributed by atoms with Gasteiger partial charge in [-0.15, -0.1) is 0 Å². The minimum absolute atomic E-state index is 0.0941. The van der Waals surface area contributed by atoms with Crippen LogP contribution >= 0.6 is 38.9 Å². The van der Waals surface area contributed by atoms with E-state index in [4.69, 9.17) is 25.8 Å². The minimum Gasteiger partial charge on any atom is -0.488 e. The molecule has 0 saturated heterocycles. The van der Waals surface area contributed by atoms with Crippen molar-refractivity contribution in [1.29, 1.82) is 0 Å². The van der Waals surface area contributed by atoms with Crippen LogP contribution in [0.5, 0.6) is 5.75 Å². The number of hydrogen-bond donors (Lipinski definition) is 0. The van der Waals surface area contributed by atoms with Gasteiger partial charge in [-0.25, -0.2) is 14.6 Å². The number of nitrogens with zero attached hydrogens (tertiary/aromatic N) is 2. The predicted octanol–water partition coefficient (Wildman–Crippen LogP) is 6.51. The highest BCUT2D eigenvalue weighted by atomic mass is 79.9. The van der Waals surface area contributed by atoms with Gasteiger partial charge in [0.15, 0.2) is 10.5 Å². The lowest BCUT2D eigenvalue weighted by molar-refractivity contribution is -0.140. The molecule has 0 radical (unpaired) electrons. The minimum atomic E-state index is -5.01. The summed E-state index contributed by atoms with van der Waals surface area (Å²) in [6, 6.07) is 16.2. The Labute approximate surface area is 283 Å². The number of carbonyl (C=O) groups is 2. The average molecular weight is 750 g/mol. The molecule has 1 aromatic heterocycles. The first-order valence-corrected chi connectivity index (χ1v) is 16.1. The molecular formula is C33H25BrClF3N2O6S. The molecular weight excluding hydrogens is 725 g/mol. The largest absolute Gasteiger partial charge is 0.488 e. The number of rotatable bonds is 9. The van der Waals surface area contributed by atoms with Crippen LogP contribution in [0.3, 0.4) is 0 Å². The van der Waals surface area contributed by atoms with E-state index >= 15 is 0 Å². The van der Waals surface area contributed by atoms with Crippen molar-refractivity contribution in [3.8, 4) is 5.75 Å². The Morgan fingerprint density at radius 1 is 1.00 bits per heavy atom. The lowest BCUT2D eigenvalue weighted by Gasteiger charge is -2.26. The number of esters is 2. The van der Waals surface area contributed by atoms with Crippen LogP contribution in [-0.4, -0.2) is 35.9 Å². The maximum Gasteiger partial charge on any atom is 0.434 e. The van der Waals surface area contributed by atoms with Gasteiger partial charge in [-0.3, -0.25) is 9.36 Å². The average Bonchev–Trinajstić information content (AvgIpc) is 3.34. The highest BCUT2D eigenvalue weighted by Gasteiger charge is 2.45. The van der Waals surface area contributed by atoms with E-state index in [1.54, 1.807) is 49.4 Å². The van der Waals surface area contributed by atoms with Crippen molar-refractivity contribution >= 4 is 56.9 Å². The summed E-state index contributed by atoms with van der Waals surface area (Å²) >= 11 is 10.3. The third-order valence-electron chi connectivity index (χ3n) is 6.89. The molecule has 244 valence electrons. The normalized spacial score (nSPS) is 14.8. The molecule has 1 aliphatic rings. The monoisotopic (exact) mass is 748 g/mol. The maximum absolute atomic E-state index is 14.3. The van der Waals surface area contributed by atoms with Crippen molar-refractivity contribution in [2.75, 3.05) is 13.2 Å². The highest BCUT2D eigenvalue weighted by Crippen LogP contribution is 2.38. The Morgan fingerprint density at radius 3 is 2.28 bits per heavy atom. The number of aromatic nitrogens is 1. The molecule has 14 heteroatoms. The molecule has 2 heterocycles. The summed E-state index contributed by atoms with van der Waals surface area (Å²) < 4.78 is 60.6. The molecule has 0 unspecified atom stereocenters. The zero-order valence-electron chi connectivity index (χ0n) is 24.8. The van der Waals surface area contributed by atoms with E-state index < -0.39 is 41.0 Å². The lowest BCUT2D eigenvalue weighted by atomic mass is 9.95. The van der Waals surface area contributed by atoms with Crippen LogP contribution in [0.25, 0.3) is 6.08 Å². The van der Waals surface area contributed by atoms with Crippen LogP contribution in [-0.2, 0) is 20.9 Å². The number of carbonyl (C=O) groups excluding carboxylic acids is 2. The van der Waals surface area contributed by atoms with Gasteiger partial charge in [0.05, 0.1) is 39.4 Å². The molecule has 5 rings (SSSR count). The summed E-state index contributed by atoms with van der Waals surface area (Å²) in [7, 11) is 0. The fourth-order valence-corrected chi connectivity index (χ4v) is 6.43. The number of thiazole rings is 1. The second-order valence-electron chi connectivity index (χ2n) is 10.0. The Balaban J connectivity index is 1.50. The van der Waals surface area contributed by atoms with Crippen molar-refractivity contribution in [2.24, 2.45) is 4.99 Å². The molecule has 0 fully saturated rings. The van der Waals surface area contributed by atoms with Gasteiger partial charge < -0.3 is 14.2 Å². The molecule has 0 aliphatic carbocycles. The summed E-state index contributed by atoms with van der Waals surface area (Å²) in [5, 5.41) is 0.323. The quantitative estimate of drug-likeness (QED) is 0.181. The van der Waals surface area contributed by atoms with Crippen molar-refractivity contribution in [3.63, 3.8) is 0 Å². The number of hydrogen-bond acceptors (Lipinski definition) is 8. The SMILES string of the molecule is CCOC(=O)C1=C(C(F)(F)F)N=c2s/c(=C\c3ccc(OCc4ccc(C(=O)OCC)cc4)c(Br)c3)c(=O)n2[C@@H]1c1ccc(Cl)cc1. The van der Waals surface area contributed by atoms with E-state index in [0.717, 1.165) is 21.5 Å². The van der Waals surface area contributed by atoms with Gasteiger partial charge in [0.25, 0.3) is 5.56 Å². The number of halogens is 5. The molecule has 3 aromatic carbocycles. The van der Waals surface area contributed by atoms with E-state index in [9.17, 15) is 27.6 Å². The van der Waals surface area contributed by atoms with Crippen molar-refractivity contribution < 1.29 is 37.0 Å². The summed E-state index contributed by atoms with van der Waals surface area (Å²) in [4.78, 5) is 42.2. The van der Waals surface area contributed by atoms with E-state index in [2.05, 4.69) is 20.9 Å². The van der Waals surface area contributed by atoms with Crippen LogP contribution in [0.1, 0.15) is 46.9 Å². The zero-order valence-corrected chi connectivity index (χ0v) is 27.9. The maximum atomic E-state index is 14.3. The Bertz CT molecular complexity index is 2040. The summed E-state index contributed by atoms with van der Waals surface area (Å²) in [5.41, 5.74) is -0.842. The van der Waals surface area contributed by atoms with Gasteiger partial charge in [-0.2, -0.15) is 13.2 Å². The summed E-state index contributed by atoms with van der Waals surface area (Å²) in [6.45, 7) is 3.50. The highest BCUT2D eigenvalue weighted by molar-refractivity contribution is 9.10. The molecule has 0 saturated carbocycles. The summed E-state index contributed by atoms with van der Waals surface area (Å²) in [5.74, 6) is -1.14. The molecule has 0 spiro atoms. The van der Waals surface area contributed by atoms with Crippen molar-refractivity contribution in [3.05, 3.63) is 129 Å². The molecule has 0 amide bonds. The Kier molecular flexibility index (Phi) is 10.4. The molecule has 0 bridgehead atoms. The van der Waals surface area contributed by atoms with E-state index in [1.807, 2.05) is 0 Å². The fraction of sp³-hybridized carbons (Fsp3) is 0.212. The standard InChI is InChI=1S/C33H25BrClF3N2O6S/c1-3-44-30(42)21-8-5-18(6-9-21)17-46-24-14-7-19(15-23(24)34)16-25-29(41)40-27(20-10-12-22(35)13-11-20)26(31(43)45-4-2)28(33(36,37)38)39-32(40)47-25/h5-16,27H,3-4,17H2,1-2H3/b25-16-/t27-/m1/s1. The molecule has 47 heavy (non-hydrogen) atoms. The topological polar surface area (TPSA) is 96.2 Å². The number of ether oxygens (including phenoxy) is 3. The second kappa shape index (κ2) is 14.3. The van der Waals surface area contributed by atoms with Gasteiger partial charge in [-0.1, -0.05) is 53.3 Å². The van der Waals surface area contributed by atoms with Gasteiger partial charge in [0.1, 0.15) is 12.4 Å². The number of fused-ring (bicyclic) bond motifs is 1. The Morgan fingerprint density at radius 2 is 1.66 bits per heavy atom. The predicted molar refractivity (Wildman–Crippen MR) is 173 cm³/mol. The first kappa shape index (κ1) is 34.1. The first-order valence-electron chi connectivity index (χ1n) is 14.1. The van der Waals surface area contributed by atoms with E-state index in [-0.39, 0.29) is 34.7 Å². The molecule has 8 nitrogen and oxygen atoms in total. The summed E-state index contributed by atoms with van der Waals surface area (Å²) in [6.07, 6.45) is -3.49. The number of allylic oxidation sites excluding steroid dienone is 1. The third kappa shape index (κ3) is 7.53. The molecule has 1 aliphatic heterocycles. The second-order valence-corrected chi connectivity index (χ2v) is 12.3. The van der Waals surface area contributed by atoms with Crippen LogP contribution in [0.15, 0.2) is 92.3 Å². The van der Waals surface area contributed by atoms with E-state index in [1.165, 1.54) is 37.3 Å². The smallest absolute Gasteiger partial charge is 0.434 e. The van der Waals surface area contributed by atoms with Gasteiger partial charge >= 0.3 is 18.1 Å². The van der Waals surface area contributed by atoms with Crippen LogP contribution < -0.4 is 19.6 Å². The number of alkyl halides is 3. The zero-order chi connectivity index (χ0) is 33.9. The number of benzene rings is 3. The lowest BCUT2D eigenvalue weighted by Crippen LogP contribution is -2.41. The third-order valence-corrected chi connectivity index (χ3v) is 8.75. The van der Waals surface area contributed by atoms with Crippen LogP contribution in [0.4, 0.5) is 13.2 Å². The van der Waals surface area contributed by atoms with Crippen LogP contribution in [0.2, 0.25) is 5.02 Å². The Hall–Kier alpha value is -4.20. The molecule has 4 aromatic rings. The molecule has 0 N–H and O–H groups in total. The van der Waals surface area contributed by atoms with Gasteiger partial charge in [0.2, 0.25) is 0 Å².